The molecule has 1 amide bonds. The van der Waals surface area contributed by atoms with Gasteiger partial charge in [0.15, 0.2) is 0 Å². The molecule has 1 aliphatic rings. The minimum absolute atomic E-state index is 0.472. The van der Waals surface area contributed by atoms with Crippen molar-refractivity contribution in [3.8, 4) is 11.8 Å². The Balaban J connectivity index is 2.57. The molecule has 0 aromatic carbocycles. The summed E-state index contributed by atoms with van der Waals surface area (Å²) in [6.45, 7) is 2.82. The standard InChI is InChI=1S/C9H11NO2/c1-2-3-8-4-6-10(7-5-8)9(11)12/h4H,5-7H2,1H3,(H,11,12). The van der Waals surface area contributed by atoms with E-state index >= 15 is 0 Å². The zero-order chi connectivity index (χ0) is 8.97. The predicted molar refractivity (Wildman–Crippen MR) is 45.7 cm³/mol. The summed E-state index contributed by atoms with van der Waals surface area (Å²) in [5, 5.41) is 8.62. The molecule has 0 radical (unpaired) electrons. The second-order valence-electron chi connectivity index (χ2n) is 2.58. The Morgan fingerprint density at radius 2 is 2.50 bits per heavy atom. The van der Waals surface area contributed by atoms with Crippen LogP contribution in [-0.2, 0) is 0 Å². The molecule has 0 saturated carbocycles. The Kier molecular flexibility index (Phi) is 2.76. The van der Waals surface area contributed by atoms with Crippen molar-refractivity contribution in [3.05, 3.63) is 11.6 Å². The lowest BCUT2D eigenvalue weighted by molar-refractivity contribution is 0.149. The summed E-state index contributed by atoms with van der Waals surface area (Å²) in [5.74, 6) is 5.73. The molecular formula is C9H11NO2. The largest absolute Gasteiger partial charge is 0.465 e. The van der Waals surface area contributed by atoms with Gasteiger partial charge in [0.1, 0.15) is 0 Å². The normalized spacial score (nSPS) is 16.1. The monoisotopic (exact) mass is 165 g/mol. The Hall–Kier alpha value is -1.43. The van der Waals surface area contributed by atoms with E-state index in [1.165, 1.54) is 4.90 Å². The number of rotatable bonds is 0. The van der Waals surface area contributed by atoms with Crippen molar-refractivity contribution in [3.63, 3.8) is 0 Å². The fourth-order valence-corrected chi connectivity index (χ4v) is 1.12. The van der Waals surface area contributed by atoms with E-state index in [-0.39, 0.29) is 0 Å². The van der Waals surface area contributed by atoms with Crippen LogP contribution in [0.1, 0.15) is 13.3 Å². The summed E-state index contributed by atoms with van der Waals surface area (Å²) in [4.78, 5) is 11.9. The van der Waals surface area contributed by atoms with E-state index < -0.39 is 6.09 Å². The van der Waals surface area contributed by atoms with E-state index in [1.807, 2.05) is 6.08 Å². The first-order valence-corrected chi connectivity index (χ1v) is 3.83. The smallest absolute Gasteiger partial charge is 0.407 e. The van der Waals surface area contributed by atoms with Crippen molar-refractivity contribution in [2.24, 2.45) is 0 Å². The number of hydrogen-bond donors (Lipinski definition) is 1. The van der Waals surface area contributed by atoms with Crippen molar-refractivity contribution in [2.75, 3.05) is 13.1 Å². The first-order chi connectivity index (χ1) is 5.74. The highest BCUT2D eigenvalue weighted by Crippen LogP contribution is 2.09. The van der Waals surface area contributed by atoms with Crippen LogP contribution in [0.3, 0.4) is 0 Å². The summed E-state index contributed by atoms with van der Waals surface area (Å²) in [5.41, 5.74) is 1.05. The van der Waals surface area contributed by atoms with Gasteiger partial charge in [-0.1, -0.05) is 12.0 Å². The van der Waals surface area contributed by atoms with E-state index in [0.29, 0.717) is 13.1 Å². The molecule has 12 heavy (non-hydrogen) atoms. The fourth-order valence-electron chi connectivity index (χ4n) is 1.12. The Bertz CT molecular complexity index is 270. The molecule has 0 unspecified atom stereocenters. The average molecular weight is 165 g/mol. The Labute approximate surface area is 71.7 Å². The third-order valence-corrected chi connectivity index (χ3v) is 1.77. The quantitative estimate of drug-likeness (QED) is 0.550. The fraction of sp³-hybridized carbons (Fsp3) is 0.444. The van der Waals surface area contributed by atoms with Crippen LogP contribution in [-0.4, -0.2) is 29.2 Å². The van der Waals surface area contributed by atoms with E-state index in [4.69, 9.17) is 5.11 Å². The van der Waals surface area contributed by atoms with Crippen molar-refractivity contribution in [1.29, 1.82) is 0 Å². The molecular weight excluding hydrogens is 154 g/mol. The predicted octanol–water partition coefficient (Wildman–Crippen LogP) is 1.32. The van der Waals surface area contributed by atoms with Gasteiger partial charge in [0.2, 0.25) is 0 Å². The van der Waals surface area contributed by atoms with E-state index in [2.05, 4.69) is 11.8 Å². The van der Waals surface area contributed by atoms with Gasteiger partial charge in [-0.05, 0) is 13.3 Å². The number of carbonyl (C=O) groups is 1. The van der Waals surface area contributed by atoms with Crippen LogP contribution in [0.25, 0.3) is 0 Å². The van der Waals surface area contributed by atoms with Crippen molar-refractivity contribution in [1.82, 2.24) is 4.90 Å². The van der Waals surface area contributed by atoms with Crippen LogP contribution in [0.5, 0.6) is 0 Å². The van der Waals surface area contributed by atoms with Crippen LogP contribution in [0.2, 0.25) is 0 Å². The zero-order valence-electron chi connectivity index (χ0n) is 7.00. The van der Waals surface area contributed by atoms with Gasteiger partial charge in [-0.3, -0.25) is 0 Å². The van der Waals surface area contributed by atoms with E-state index in [9.17, 15) is 4.79 Å². The third-order valence-electron chi connectivity index (χ3n) is 1.77. The van der Waals surface area contributed by atoms with Crippen molar-refractivity contribution in [2.45, 2.75) is 13.3 Å². The summed E-state index contributed by atoms with van der Waals surface area (Å²) >= 11 is 0. The average Bonchev–Trinajstić information content (AvgIpc) is 2.06. The number of carboxylic acid groups (broad SMARTS) is 1. The number of hydrogen-bond acceptors (Lipinski definition) is 1. The minimum Gasteiger partial charge on any atom is -0.465 e. The zero-order valence-corrected chi connectivity index (χ0v) is 7.00. The van der Waals surface area contributed by atoms with Crippen LogP contribution in [0.4, 0.5) is 4.79 Å². The molecule has 0 saturated heterocycles. The second-order valence-corrected chi connectivity index (χ2v) is 2.58. The first kappa shape index (κ1) is 8.66. The summed E-state index contributed by atoms with van der Waals surface area (Å²) in [6.07, 6.45) is 1.76. The molecule has 3 heteroatoms. The molecule has 64 valence electrons. The maximum Gasteiger partial charge on any atom is 0.407 e. The van der Waals surface area contributed by atoms with Gasteiger partial charge in [0.25, 0.3) is 0 Å². The highest BCUT2D eigenvalue weighted by atomic mass is 16.4. The molecule has 3 nitrogen and oxygen atoms in total. The maximum atomic E-state index is 10.5. The molecule has 0 aromatic heterocycles. The molecule has 1 heterocycles. The van der Waals surface area contributed by atoms with E-state index in [1.54, 1.807) is 6.92 Å². The lowest BCUT2D eigenvalue weighted by Gasteiger charge is -2.21. The van der Waals surface area contributed by atoms with Gasteiger partial charge in [0.05, 0.1) is 0 Å². The minimum atomic E-state index is -0.852. The molecule has 0 bridgehead atoms. The van der Waals surface area contributed by atoms with Crippen LogP contribution >= 0.6 is 0 Å². The molecule has 0 fully saturated rings. The summed E-state index contributed by atoms with van der Waals surface area (Å²) in [6, 6.07) is 0. The van der Waals surface area contributed by atoms with E-state index in [0.717, 1.165) is 12.0 Å². The second kappa shape index (κ2) is 3.82. The Morgan fingerprint density at radius 3 is 2.92 bits per heavy atom. The summed E-state index contributed by atoms with van der Waals surface area (Å²) < 4.78 is 0. The highest BCUT2D eigenvalue weighted by molar-refractivity contribution is 5.65. The molecule has 0 aliphatic carbocycles. The lowest BCUT2D eigenvalue weighted by atomic mass is 10.1. The van der Waals surface area contributed by atoms with Gasteiger partial charge in [-0.2, -0.15) is 0 Å². The molecule has 1 N–H and O–H groups in total. The van der Waals surface area contributed by atoms with Crippen molar-refractivity contribution < 1.29 is 9.90 Å². The van der Waals surface area contributed by atoms with Crippen LogP contribution in [0, 0.1) is 11.8 Å². The first-order valence-electron chi connectivity index (χ1n) is 3.83. The van der Waals surface area contributed by atoms with Crippen LogP contribution in [0.15, 0.2) is 11.6 Å². The number of amides is 1. The Morgan fingerprint density at radius 1 is 1.75 bits per heavy atom. The topological polar surface area (TPSA) is 40.5 Å². The molecule has 0 spiro atoms. The summed E-state index contributed by atoms with van der Waals surface area (Å²) in [7, 11) is 0. The van der Waals surface area contributed by atoms with Gasteiger partial charge in [-0.25, -0.2) is 4.79 Å². The molecule has 0 atom stereocenters. The van der Waals surface area contributed by atoms with Crippen molar-refractivity contribution >= 4 is 6.09 Å². The molecule has 1 rings (SSSR count). The highest BCUT2D eigenvalue weighted by Gasteiger charge is 2.14. The van der Waals surface area contributed by atoms with Gasteiger partial charge >= 0.3 is 6.09 Å². The molecule has 1 aliphatic heterocycles. The van der Waals surface area contributed by atoms with Gasteiger partial charge in [-0.15, -0.1) is 5.92 Å². The SMILES string of the molecule is CC#CC1=CCN(C(=O)O)CC1. The molecule has 0 aromatic rings. The third kappa shape index (κ3) is 2.03. The maximum absolute atomic E-state index is 10.5. The van der Waals surface area contributed by atoms with Crippen LogP contribution < -0.4 is 0 Å². The lowest BCUT2D eigenvalue weighted by Crippen LogP contribution is -2.33. The number of nitrogens with zero attached hydrogens (tertiary/aromatic N) is 1. The van der Waals surface area contributed by atoms with Gasteiger partial charge < -0.3 is 10.0 Å². The van der Waals surface area contributed by atoms with Gasteiger partial charge in [0, 0.05) is 18.7 Å².